The van der Waals surface area contributed by atoms with Crippen LogP contribution >= 0.6 is 0 Å². The summed E-state index contributed by atoms with van der Waals surface area (Å²) in [7, 11) is 0. The van der Waals surface area contributed by atoms with Crippen LogP contribution in [0.25, 0.3) is 5.65 Å². The molecule has 1 aliphatic carbocycles. The Balaban J connectivity index is 1.41. The van der Waals surface area contributed by atoms with Gasteiger partial charge in [-0.3, -0.25) is 0 Å². The lowest BCUT2D eigenvalue weighted by Gasteiger charge is -2.38. The van der Waals surface area contributed by atoms with Crippen molar-refractivity contribution in [2.45, 2.75) is 44.5 Å². The zero-order chi connectivity index (χ0) is 25.0. The number of ether oxygens (including phenoxy) is 1. The lowest BCUT2D eigenvalue weighted by Crippen LogP contribution is -2.48. The van der Waals surface area contributed by atoms with Gasteiger partial charge in [-0.05, 0) is 50.7 Å². The summed E-state index contributed by atoms with van der Waals surface area (Å²) in [5.41, 5.74) is -0.897. The second-order valence-electron chi connectivity index (χ2n) is 9.58. The molecule has 0 aromatic carbocycles. The highest BCUT2D eigenvalue weighted by Crippen LogP contribution is 2.40. The van der Waals surface area contributed by atoms with Crippen LogP contribution in [-0.4, -0.2) is 61.6 Å². The van der Waals surface area contributed by atoms with Gasteiger partial charge in [0, 0.05) is 19.1 Å². The molecule has 0 spiro atoms. The van der Waals surface area contributed by atoms with Gasteiger partial charge in [0.25, 0.3) is 0 Å². The monoisotopic (exact) mass is 495 g/mol. The molecule has 2 aliphatic rings. The second kappa shape index (κ2) is 8.47. The molecule has 1 saturated heterocycles. The predicted molar refractivity (Wildman–Crippen MR) is 118 cm³/mol. The van der Waals surface area contributed by atoms with E-state index in [0.717, 1.165) is 19.0 Å². The van der Waals surface area contributed by atoms with E-state index in [-0.39, 0.29) is 41.0 Å². The highest BCUT2D eigenvalue weighted by Gasteiger charge is 2.43. The smallest absolute Gasteiger partial charge is 0.422 e. The first kappa shape index (κ1) is 23.5. The highest BCUT2D eigenvalue weighted by molar-refractivity contribution is 5.57. The molecule has 2 fully saturated rings. The van der Waals surface area contributed by atoms with Crippen molar-refractivity contribution in [1.82, 2.24) is 24.6 Å². The molecule has 0 radical (unpaired) electrons. The first-order valence-corrected chi connectivity index (χ1v) is 11.3. The van der Waals surface area contributed by atoms with Gasteiger partial charge in [0.05, 0.1) is 11.9 Å². The molecule has 9 nitrogen and oxygen atoms in total. The van der Waals surface area contributed by atoms with Crippen LogP contribution in [0.4, 0.5) is 29.3 Å². The third-order valence-electron chi connectivity index (χ3n) is 6.54. The van der Waals surface area contributed by atoms with Crippen molar-refractivity contribution in [2.24, 2.45) is 11.8 Å². The second-order valence-corrected chi connectivity index (χ2v) is 9.58. The van der Waals surface area contributed by atoms with E-state index in [1.165, 1.54) is 23.0 Å². The predicted octanol–water partition coefficient (Wildman–Crippen LogP) is 3.15. The Kier molecular flexibility index (Phi) is 5.69. The molecule has 1 aliphatic heterocycles. The number of anilines is 2. The summed E-state index contributed by atoms with van der Waals surface area (Å²) in [6.07, 6.45) is -0.192. The molecule has 4 heterocycles. The van der Waals surface area contributed by atoms with Gasteiger partial charge < -0.3 is 20.1 Å². The quantitative estimate of drug-likeness (QED) is 0.503. The molecule has 2 N–H and O–H groups in total. The van der Waals surface area contributed by atoms with E-state index in [1.54, 1.807) is 13.8 Å². The van der Waals surface area contributed by atoms with Crippen LogP contribution in [0.15, 0.2) is 24.7 Å². The molecular weight excluding hydrogens is 470 g/mol. The van der Waals surface area contributed by atoms with E-state index in [9.17, 15) is 22.7 Å². The number of nitrogens with one attached hydrogen (secondary N) is 1. The zero-order valence-corrected chi connectivity index (χ0v) is 19.1. The van der Waals surface area contributed by atoms with Crippen LogP contribution < -0.4 is 15.0 Å². The Labute approximate surface area is 198 Å². The van der Waals surface area contributed by atoms with Crippen LogP contribution in [0.3, 0.4) is 0 Å². The summed E-state index contributed by atoms with van der Waals surface area (Å²) in [4.78, 5) is 14.1. The summed E-state index contributed by atoms with van der Waals surface area (Å²) < 4.78 is 58.7. The number of aromatic nitrogens is 5. The lowest BCUT2D eigenvalue weighted by atomic mass is 9.92. The maximum atomic E-state index is 14.2. The largest absolute Gasteiger partial charge is 0.480 e. The Bertz CT molecular complexity index is 1210. The number of hydrogen-bond donors (Lipinski definition) is 2. The number of hydrogen-bond acceptors (Lipinski definition) is 8. The van der Waals surface area contributed by atoms with Crippen LogP contribution in [0, 0.1) is 17.7 Å². The summed E-state index contributed by atoms with van der Waals surface area (Å²) in [5, 5.41) is 18.3. The Morgan fingerprint density at radius 3 is 2.51 bits per heavy atom. The molecule has 3 aromatic heterocycles. The third kappa shape index (κ3) is 4.68. The minimum Gasteiger partial charge on any atom is -0.480 e. The molecule has 2 bridgehead atoms. The summed E-state index contributed by atoms with van der Waals surface area (Å²) in [5.74, 6) is 0.289. The number of pyridine rings is 1. The molecular formula is C22H25F4N7O2. The fourth-order valence-corrected chi connectivity index (χ4v) is 5.05. The average molecular weight is 495 g/mol. The summed E-state index contributed by atoms with van der Waals surface area (Å²) in [6, 6.07) is 2.82. The van der Waals surface area contributed by atoms with E-state index in [0.29, 0.717) is 18.8 Å². The summed E-state index contributed by atoms with van der Waals surface area (Å²) >= 11 is 0. The molecule has 3 aromatic rings. The highest BCUT2D eigenvalue weighted by atomic mass is 19.4. The number of halogens is 4. The van der Waals surface area contributed by atoms with Crippen LogP contribution in [0.2, 0.25) is 0 Å². The van der Waals surface area contributed by atoms with Gasteiger partial charge in [0.1, 0.15) is 11.9 Å². The van der Waals surface area contributed by atoms with E-state index >= 15 is 0 Å². The molecule has 1 saturated carbocycles. The third-order valence-corrected chi connectivity index (χ3v) is 6.54. The Morgan fingerprint density at radius 2 is 1.89 bits per heavy atom. The minimum absolute atomic E-state index is 0.00121. The topological polar surface area (TPSA) is 101 Å². The first-order chi connectivity index (χ1) is 16.5. The van der Waals surface area contributed by atoms with Crippen LogP contribution in [0.1, 0.15) is 32.4 Å². The van der Waals surface area contributed by atoms with Gasteiger partial charge in [-0.25, -0.2) is 18.9 Å². The molecule has 13 heteroatoms. The molecule has 0 unspecified atom stereocenters. The van der Waals surface area contributed by atoms with E-state index in [4.69, 9.17) is 4.74 Å². The van der Waals surface area contributed by atoms with Gasteiger partial charge >= 0.3 is 6.18 Å². The number of fused-ring (bicyclic) bond motifs is 3. The van der Waals surface area contributed by atoms with Crippen LogP contribution in [-0.2, 0) is 5.60 Å². The first-order valence-electron chi connectivity index (χ1n) is 11.3. The van der Waals surface area contributed by atoms with Crippen molar-refractivity contribution in [3.05, 3.63) is 36.2 Å². The summed E-state index contributed by atoms with van der Waals surface area (Å²) in [6.45, 7) is 2.81. The molecule has 0 amide bonds. The minimum atomic E-state index is -4.51. The van der Waals surface area contributed by atoms with Crippen molar-refractivity contribution in [3.8, 4) is 5.75 Å². The number of alkyl halides is 3. The molecule has 5 rings (SSSR count). The maximum Gasteiger partial charge on any atom is 0.422 e. The van der Waals surface area contributed by atoms with Crippen molar-refractivity contribution < 1.29 is 27.4 Å². The normalized spacial score (nSPS) is 22.6. The van der Waals surface area contributed by atoms with E-state index in [2.05, 4.69) is 25.4 Å². The Morgan fingerprint density at radius 1 is 1.17 bits per heavy atom. The fourth-order valence-electron chi connectivity index (χ4n) is 5.05. The SMILES string of the molecule is CC(C)(O)c1ccc(OCC(F)(F)F)c2nc(N[C@@H]3[C@@H]4CC[C@H]3CN(c3ncncc3F)C4)nn12. The number of aliphatic hydroxyl groups is 1. The number of nitrogens with zero attached hydrogens (tertiary/aromatic N) is 6. The van der Waals surface area contributed by atoms with Gasteiger partial charge in [0.15, 0.2) is 29.6 Å². The van der Waals surface area contributed by atoms with Gasteiger partial charge in [-0.1, -0.05) is 0 Å². The number of rotatable bonds is 6. The lowest BCUT2D eigenvalue weighted by molar-refractivity contribution is -0.153. The Hall–Kier alpha value is -3.22. The van der Waals surface area contributed by atoms with E-state index in [1.807, 2.05) is 4.90 Å². The van der Waals surface area contributed by atoms with Crippen molar-refractivity contribution in [2.75, 3.05) is 29.9 Å². The van der Waals surface area contributed by atoms with Gasteiger partial charge in [0.2, 0.25) is 5.95 Å². The van der Waals surface area contributed by atoms with Crippen molar-refractivity contribution in [3.63, 3.8) is 0 Å². The maximum absolute atomic E-state index is 14.2. The zero-order valence-electron chi connectivity index (χ0n) is 19.1. The molecule has 35 heavy (non-hydrogen) atoms. The standard InChI is InChI=1S/C22H25F4N7O2/c1-21(2,34)16-6-5-15(35-10-22(24,25)26)19-30-20(31-33(16)19)29-17-12-3-4-13(17)9-32(8-12)18-14(23)7-27-11-28-18/h5-7,11-13,17,34H,3-4,8-10H2,1-2H3,(H,29,31)/t12-,13+,17-. The molecule has 188 valence electrons. The molecule has 3 atom stereocenters. The van der Waals surface area contributed by atoms with Crippen molar-refractivity contribution in [1.29, 1.82) is 0 Å². The van der Waals surface area contributed by atoms with Crippen molar-refractivity contribution >= 4 is 17.4 Å². The average Bonchev–Trinajstić information content (AvgIpc) is 3.28. The van der Waals surface area contributed by atoms with E-state index < -0.39 is 24.2 Å². The van der Waals surface area contributed by atoms with Crippen LogP contribution in [0.5, 0.6) is 5.75 Å². The van der Waals surface area contributed by atoms with Gasteiger partial charge in [-0.15, -0.1) is 5.10 Å². The van der Waals surface area contributed by atoms with Gasteiger partial charge in [-0.2, -0.15) is 18.2 Å². The number of piperidine rings is 1. The fraction of sp³-hybridized carbons (Fsp3) is 0.545.